The minimum Gasteiger partial charge on any atom is -0.505 e. The number of carbonyl (C=O) groups excluding carboxylic acids is 2. The van der Waals surface area contributed by atoms with E-state index in [1.807, 2.05) is 0 Å². The zero-order valence-electron chi connectivity index (χ0n) is 15.1. The van der Waals surface area contributed by atoms with Gasteiger partial charge in [-0.25, -0.2) is 0 Å². The van der Waals surface area contributed by atoms with Gasteiger partial charge < -0.3 is 21.1 Å². The number of hydrogen-bond donors (Lipinski definition) is 4. The maximum Gasteiger partial charge on any atom is 0.254 e. The molecular weight excluding hydrogens is 318 g/mol. The summed E-state index contributed by atoms with van der Waals surface area (Å²) in [6.45, 7) is 4.29. The summed E-state index contributed by atoms with van der Waals surface area (Å²) in [5, 5.41) is 19.2. The lowest BCUT2D eigenvalue weighted by Crippen LogP contribution is -2.38. The fourth-order valence-corrected chi connectivity index (χ4v) is 3.00. The van der Waals surface area contributed by atoms with E-state index in [9.17, 15) is 14.7 Å². The zero-order valence-corrected chi connectivity index (χ0v) is 15.1. The molecule has 0 saturated carbocycles. The molecule has 0 atom stereocenters. The van der Waals surface area contributed by atoms with E-state index in [2.05, 4.69) is 29.8 Å². The second-order valence-electron chi connectivity index (χ2n) is 6.28. The molecule has 0 unspecified atom stereocenters. The third-order valence-corrected chi connectivity index (χ3v) is 4.34. The van der Waals surface area contributed by atoms with Crippen molar-refractivity contribution in [2.45, 2.75) is 52.0 Å². The third kappa shape index (κ3) is 4.32. The van der Waals surface area contributed by atoms with Gasteiger partial charge in [-0.2, -0.15) is 0 Å². The second-order valence-corrected chi connectivity index (χ2v) is 6.28. The molecule has 1 amide bonds. The molecule has 2 rings (SSSR count). The number of Topliss-reactive ketones (excluding diaryl/α,β-unsaturated/α-hetero) is 1. The molecule has 4 N–H and O–H groups in total. The first-order chi connectivity index (χ1) is 12.0. The molecule has 0 aliphatic heterocycles. The Kier molecular flexibility index (Phi) is 6.44. The lowest BCUT2D eigenvalue weighted by Gasteiger charge is -2.29. The van der Waals surface area contributed by atoms with Crippen LogP contribution >= 0.6 is 0 Å². The van der Waals surface area contributed by atoms with E-state index in [4.69, 9.17) is 0 Å². The van der Waals surface area contributed by atoms with Crippen molar-refractivity contribution >= 4 is 17.4 Å². The number of nitrogens with one attached hydrogen (secondary N) is 3. The van der Waals surface area contributed by atoms with E-state index in [1.54, 1.807) is 12.1 Å². The number of para-hydroxylation sites is 1. The molecule has 1 aliphatic carbocycles. The summed E-state index contributed by atoms with van der Waals surface area (Å²) in [4.78, 5) is 23.8. The molecule has 0 saturated heterocycles. The Bertz CT molecular complexity index is 676. The number of phenols is 1. The average molecular weight is 345 g/mol. The van der Waals surface area contributed by atoms with Gasteiger partial charge in [-0.15, -0.1) is 0 Å². The molecule has 1 aliphatic rings. The summed E-state index contributed by atoms with van der Waals surface area (Å²) in [5.74, 6) is -0.537. The lowest BCUT2D eigenvalue weighted by molar-refractivity contribution is -0.116. The SMILES string of the molecule is CCCC(CCC)NC1=C(Nc2cccc(C(=O)NC)c2O)C(=O)C1. The topological polar surface area (TPSA) is 90.5 Å². The quantitative estimate of drug-likeness (QED) is 0.517. The van der Waals surface area contributed by atoms with Crippen LogP contribution in [0.5, 0.6) is 5.75 Å². The summed E-state index contributed by atoms with van der Waals surface area (Å²) < 4.78 is 0. The van der Waals surface area contributed by atoms with Gasteiger partial charge in [0, 0.05) is 18.8 Å². The fourth-order valence-electron chi connectivity index (χ4n) is 3.00. The number of carbonyl (C=O) groups is 2. The van der Waals surface area contributed by atoms with Crippen molar-refractivity contribution in [1.29, 1.82) is 0 Å². The number of allylic oxidation sites excluding steroid dienone is 2. The Balaban J connectivity index is 2.20. The van der Waals surface area contributed by atoms with Gasteiger partial charge in [-0.3, -0.25) is 9.59 Å². The first kappa shape index (κ1) is 18.8. The Morgan fingerprint density at radius 1 is 1.24 bits per heavy atom. The summed E-state index contributed by atoms with van der Waals surface area (Å²) in [7, 11) is 1.50. The van der Waals surface area contributed by atoms with Crippen LogP contribution in [0.1, 0.15) is 56.3 Å². The lowest BCUT2D eigenvalue weighted by atomic mass is 9.96. The summed E-state index contributed by atoms with van der Waals surface area (Å²) in [6, 6.07) is 5.20. The molecule has 6 nitrogen and oxygen atoms in total. The van der Waals surface area contributed by atoms with Crippen LogP contribution in [-0.4, -0.2) is 29.9 Å². The Hall–Kier alpha value is -2.50. The van der Waals surface area contributed by atoms with Gasteiger partial charge in [0.1, 0.15) is 5.70 Å². The molecule has 6 heteroatoms. The first-order valence-electron chi connectivity index (χ1n) is 8.85. The summed E-state index contributed by atoms with van der Waals surface area (Å²) >= 11 is 0. The highest BCUT2D eigenvalue weighted by Gasteiger charge is 2.29. The molecule has 1 aromatic rings. The number of rotatable bonds is 9. The fraction of sp³-hybridized carbons (Fsp3) is 0.474. The summed E-state index contributed by atoms with van der Waals surface area (Å²) in [5.41, 5.74) is 1.87. The van der Waals surface area contributed by atoms with E-state index >= 15 is 0 Å². The van der Waals surface area contributed by atoms with Crippen LogP contribution in [0.3, 0.4) is 0 Å². The molecule has 1 aromatic carbocycles. The van der Waals surface area contributed by atoms with Crippen molar-refractivity contribution in [2.24, 2.45) is 0 Å². The minimum atomic E-state index is -0.376. The van der Waals surface area contributed by atoms with Crippen LogP contribution in [0.25, 0.3) is 0 Å². The number of anilines is 1. The third-order valence-electron chi connectivity index (χ3n) is 4.34. The van der Waals surface area contributed by atoms with Crippen LogP contribution in [0, 0.1) is 0 Å². The Labute approximate surface area is 148 Å². The van der Waals surface area contributed by atoms with E-state index in [0.29, 0.717) is 23.8 Å². The van der Waals surface area contributed by atoms with Crippen molar-refractivity contribution in [3.05, 3.63) is 35.2 Å². The summed E-state index contributed by atoms with van der Waals surface area (Å²) in [6.07, 6.45) is 4.64. The highest BCUT2D eigenvalue weighted by Crippen LogP contribution is 2.32. The Morgan fingerprint density at radius 3 is 2.48 bits per heavy atom. The molecule has 0 bridgehead atoms. The maximum atomic E-state index is 12.0. The van der Waals surface area contributed by atoms with Crippen LogP contribution in [0.15, 0.2) is 29.6 Å². The van der Waals surface area contributed by atoms with Crippen LogP contribution in [0.4, 0.5) is 5.69 Å². The van der Waals surface area contributed by atoms with E-state index in [1.165, 1.54) is 13.1 Å². The van der Waals surface area contributed by atoms with Gasteiger partial charge in [0.05, 0.1) is 17.7 Å². The molecule has 0 aromatic heterocycles. The van der Waals surface area contributed by atoms with Crippen molar-refractivity contribution in [1.82, 2.24) is 10.6 Å². The average Bonchev–Trinajstić information content (AvgIpc) is 2.60. The molecule has 136 valence electrons. The van der Waals surface area contributed by atoms with Gasteiger partial charge in [-0.1, -0.05) is 32.8 Å². The maximum absolute atomic E-state index is 12.0. The number of phenolic OH excluding ortho intramolecular Hbond substituents is 1. The number of benzene rings is 1. The molecular formula is C19H27N3O3. The van der Waals surface area contributed by atoms with Gasteiger partial charge in [0.2, 0.25) is 0 Å². The highest BCUT2D eigenvalue weighted by atomic mass is 16.3. The van der Waals surface area contributed by atoms with Crippen LogP contribution in [0.2, 0.25) is 0 Å². The normalized spacial score (nSPS) is 13.7. The minimum absolute atomic E-state index is 0.000932. The van der Waals surface area contributed by atoms with Crippen molar-refractivity contribution < 1.29 is 14.7 Å². The molecule has 0 fully saturated rings. The van der Waals surface area contributed by atoms with Gasteiger partial charge in [0.25, 0.3) is 5.91 Å². The van der Waals surface area contributed by atoms with E-state index < -0.39 is 0 Å². The Morgan fingerprint density at radius 2 is 1.92 bits per heavy atom. The van der Waals surface area contributed by atoms with Crippen LogP contribution in [-0.2, 0) is 4.79 Å². The molecule has 0 heterocycles. The number of aromatic hydroxyl groups is 1. The monoisotopic (exact) mass is 345 g/mol. The zero-order chi connectivity index (χ0) is 18.4. The molecule has 25 heavy (non-hydrogen) atoms. The smallest absolute Gasteiger partial charge is 0.254 e. The van der Waals surface area contributed by atoms with Crippen molar-refractivity contribution in [3.8, 4) is 5.75 Å². The standard InChI is InChI=1S/C19H27N3O3/c1-4-7-12(8-5-2)21-15-11-16(23)17(15)22-14-10-6-9-13(18(14)24)19(25)20-3/h6,9-10,12,21-22,24H,4-5,7-8,11H2,1-3H3,(H,20,25). The number of hydrogen-bond acceptors (Lipinski definition) is 5. The van der Waals surface area contributed by atoms with Gasteiger partial charge in [-0.05, 0) is 25.0 Å². The second kappa shape index (κ2) is 8.55. The molecule has 0 spiro atoms. The number of ketones is 1. The highest BCUT2D eigenvalue weighted by molar-refractivity contribution is 6.07. The van der Waals surface area contributed by atoms with Crippen molar-refractivity contribution in [3.63, 3.8) is 0 Å². The van der Waals surface area contributed by atoms with Gasteiger partial charge >= 0.3 is 0 Å². The number of amides is 1. The van der Waals surface area contributed by atoms with E-state index in [-0.39, 0.29) is 23.0 Å². The van der Waals surface area contributed by atoms with Crippen LogP contribution < -0.4 is 16.0 Å². The molecule has 0 radical (unpaired) electrons. The first-order valence-corrected chi connectivity index (χ1v) is 8.85. The van der Waals surface area contributed by atoms with Crippen molar-refractivity contribution in [2.75, 3.05) is 12.4 Å². The van der Waals surface area contributed by atoms with E-state index in [0.717, 1.165) is 31.4 Å². The predicted octanol–water partition coefficient (Wildman–Crippen LogP) is 2.91. The van der Waals surface area contributed by atoms with Gasteiger partial charge in [0.15, 0.2) is 11.5 Å². The largest absolute Gasteiger partial charge is 0.505 e. The predicted molar refractivity (Wildman–Crippen MR) is 98.5 cm³/mol.